The fraction of sp³-hybridized carbons (Fsp3) is 0.625. The third-order valence-electron chi connectivity index (χ3n) is 3.25. The highest BCUT2D eigenvalue weighted by Crippen LogP contribution is 2.24. The van der Waals surface area contributed by atoms with Gasteiger partial charge in [0.05, 0.1) is 0 Å². The zero-order chi connectivity index (χ0) is 13.4. The Balaban J connectivity index is 2.60. The van der Waals surface area contributed by atoms with Crippen LogP contribution in [-0.4, -0.2) is 13.1 Å². The molecule has 0 radical (unpaired) electrons. The van der Waals surface area contributed by atoms with Crippen LogP contribution in [-0.2, 0) is 0 Å². The van der Waals surface area contributed by atoms with E-state index < -0.39 is 0 Å². The Labute approximate surface area is 117 Å². The van der Waals surface area contributed by atoms with E-state index in [2.05, 4.69) is 38.2 Å². The van der Waals surface area contributed by atoms with Crippen molar-refractivity contribution >= 4 is 11.6 Å². The van der Waals surface area contributed by atoms with Gasteiger partial charge in [-0.2, -0.15) is 0 Å². The topological polar surface area (TPSA) is 12.0 Å². The molecule has 0 heterocycles. The smallest absolute Gasteiger partial charge is 0.0406 e. The summed E-state index contributed by atoms with van der Waals surface area (Å²) in [7, 11) is 0. The Morgan fingerprint density at radius 2 is 1.78 bits per heavy atom. The van der Waals surface area contributed by atoms with Crippen LogP contribution >= 0.6 is 11.6 Å². The number of halogens is 1. The SMILES string of the molecule is CCCNCC(CCC(C)C)c1ccc(Cl)cc1. The van der Waals surface area contributed by atoms with Crippen molar-refractivity contribution in [2.45, 2.75) is 46.0 Å². The molecule has 0 spiro atoms. The van der Waals surface area contributed by atoms with Gasteiger partial charge >= 0.3 is 0 Å². The number of rotatable bonds is 8. The Morgan fingerprint density at radius 3 is 2.33 bits per heavy atom. The maximum absolute atomic E-state index is 5.96. The van der Waals surface area contributed by atoms with Crippen LogP contribution in [0.25, 0.3) is 0 Å². The lowest BCUT2D eigenvalue weighted by Gasteiger charge is -2.19. The molecular weight excluding hydrogens is 242 g/mol. The van der Waals surface area contributed by atoms with Crippen LogP contribution in [0, 0.1) is 5.92 Å². The van der Waals surface area contributed by atoms with Gasteiger partial charge in [-0.05, 0) is 48.9 Å². The molecule has 1 rings (SSSR count). The molecule has 1 nitrogen and oxygen atoms in total. The van der Waals surface area contributed by atoms with Gasteiger partial charge in [-0.1, -0.05) is 50.9 Å². The van der Waals surface area contributed by atoms with Crippen LogP contribution in [0.5, 0.6) is 0 Å². The third-order valence-corrected chi connectivity index (χ3v) is 3.50. The van der Waals surface area contributed by atoms with Gasteiger partial charge in [0.25, 0.3) is 0 Å². The Hall–Kier alpha value is -0.530. The third kappa shape index (κ3) is 5.88. The van der Waals surface area contributed by atoms with Gasteiger partial charge in [0.1, 0.15) is 0 Å². The number of hydrogen-bond donors (Lipinski definition) is 1. The molecule has 1 aromatic carbocycles. The van der Waals surface area contributed by atoms with Gasteiger partial charge in [0.15, 0.2) is 0 Å². The fourth-order valence-corrected chi connectivity index (χ4v) is 2.24. The minimum atomic E-state index is 0.608. The summed E-state index contributed by atoms with van der Waals surface area (Å²) in [6, 6.07) is 8.33. The molecule has 1 aromatic rings. The van der Waals surface area contributed by atoms with E-state index in [0.29, 0.717) is 5.92 Å². The van der Waals surface area contributed by atoms with Crippen LogP contribution in [0.3, 0.4) is 0 Å². The van der Waals surface area contributed by atoms with Gasteiger partial charge in [-0.3, -0.25) is 0 Å². The Morgan fingerprint density at radius 1 is 1.11 bits per heavy atom. The van der Waals surface area contributed by atoms with Crippen LogP contribution < -0.4 is 5.32 Å². The normalized spacial score (nSPS) is 12.9. The quantitative estimate of drug-likeness (QED) is 0.664. The largest absolute Gasteiger partial charge is 0.316 e. The molecule has 0 aliphatic rings. The highest BCUT2D eigenvalue weighted by atomic mass is 35.5. The molecule has 0 aromatic heterocycles. The first kappa shape index (κ1) is 15.5. The second kappa shape index (κ2) is 8.55. The molecule has 0 aliphatic carbocycles. The van der Waals surface area contributed by atoms with Crippen LogP contribution in [0.2, 0.25) is 5.02 Å². The average Bonchev–Trinajstić information content (AvgIpc) is 2.34. The molecule has 0 amide bonds. The molecule has 0 aliphatic heterocycles. The minimum Gasteiger partial charge on any atom is -0.316 e. The van der Waals surface area contributed by atoms with Gasteiger partial charge in [-0.25, -0.2) is 0 Å². The molecule has 1 atom stereocenters. The van der Waals surface area contributed by atoms with Gasteiger partial charge in [-0.15, -0.1) is 0 Å². The van der Waals surface area contributed by atoms with Crippen molar-refractivity contribution in [3.8, 4) is 0 Å². The van der Waals surface area contributed by atoms with Crippen molar-refractivity contribution in [3.63, 3.8) is 0 Å². The molecule has 0 fully saturated rings. The van der Waals surface area contributed by atoms with Gasteiger partial charge < -0.3 is 5.32 Å². The molecular formula is C16H26ClN. The van der Waals surface area contributed by atoms with Crippen molar-refractivity contribution in [3.05, 3.63) is 34.9 Å². The first-order chi connectivity index (χ1) is 8.63. The number of hydrogen-bond acceptors (Lipinski definition) is 1. The van der Waals surface area contributed by atoms with Crippen LogP contribution in [0.1, 0.15) is 51.5 Å². The lowest BCUT2D eigenvalue weighted by atomic mass is 9.91. The molecule has 1 N–H and O–H groups in total. The highest BCUT2D eigenvalue weighted by Gasteiger charge is 2.11. The standard InChI is InChI=1S/C16H26ClN/c1-4-11-18-12-15(6-5-13(2)3)14-7-9-16(17)10-8-14/h7-10,13,15,18H,4-6,11-12H2,1-3H3. The van der Waals surface area contributed by atoms with Gasteiger partial charge in [0.2, 0.25) is 0 Å². The van der Waals surface area contributed by atoms with Gasteiger partial charge in [0, 0.05) is 11.6 Å². The summed E-state index contributed by atoms with van der Waals surface area (Å²) in [5.41, 5.74) is 1.41. The Kier molecular flexibility index (Phi) is 7.38. The molecule has 1 unspecified atom stereocenters. The molecule has 102 valence electrons. The summed E-state index contributed by atoms with van der Waals surface area (Å²) in [6.07, 6.45) is 3.72. The summed E-state index contributed by atoms with van der Waals surface area (Å²) in [4.78, 5) is 0. The average molecular weight is 268 g/mol. The maximum atomic E-state index is 5.96. The molecule has 0 saturated carbocycles. The highest BCUT2D eigenvalue weighted by molar-refractivity contribution is 6.30. The molecule has 2 heteroatoms. The maximum Gasteiger partial charge on any atom is 0.0406 e. The number of nitrogens with one attached hydrogen (secondary N) is 1. The van der Waals surface area contributed by atoms with E-state index in [9.17, 15) is 0 Å². The van der Waals surface area contributed by atoms with Crippen molar-refractivity contribution in [1.82, 2.24) is 5.32 Å². The van der Waals surface area contributed by atoms with E-state index in [1.54, 1.807) is 0 Å². The second-order valence-electron chi connectivity index (χ2n) is 5.42. The van der Waals surface area contributed by atoms with E-state index in [1.807, 2.05) is 12.1 Å². The van der Waals surface area contributed by atoms with Crippen molar-refractivity contribution in [2.24, 2.45) is 5.92 Å². The number of benzene rings is 1. The summed E-state index contributed by atoms with van der Waals surface area (Å²) in [5, 5.41) is 4.36. The van der Waals surface area contributed by atoms with E-state index >= 15 is 0 Å². The van der Waals surface area contributed by atoms with E-state index in [-0.39, 0.29) is 0 Å². The van der Waals surface area contributed by atoms with E-state index in [0.717, 1.165) is 24.0 Å². The lowest BCUT2D eigenvalue weighted by molar-refractivity contribution is 0.476. The van der Waals surface area contributed by atoms with Crippen molar-refractivity contribution in [1.29, 1.82) is 0 Å². The molecule has 0 bridgehead atoms. The van der Waals surface area contributed by atoms with Crippen LogP contribution in [0.15, 0.2) is 24.3 Å². The zero-order valence-corrected chi connectivity index (χ0v) is 12.6. The first-order valence-electron chi connectivity index (χ1n) is 7.09. The summed E-state index contributed by atoms with van der Waals surface area (Å²) < 4.78 is 0. The Bertz CT molecular complexity index is 318. The summed E-state index contributed by atoms with van der Waals surface area (Å²) in [5.74, 6) is 1.38. The first-order valence-corrected chi connectivity index (χ1v) is 7.47. The monoisotopic (exact) mass is 267 g/mol. The van der Waals surface area contributed by atoms with Crippen molar-refractivity contribution in [2.75, 3.05) is 13.1 Å². The minimum absolute atomic E-state index is 0.608. The summed E-state index contributed by atoms with van der Waals surface area (Å²) >= 11 is 5.96. The lowest BCUT2D eigenvalue weighted by Crippen LogP contribution is -2.22. The zero-order valence-electron chi connectivity index (χ0n) is 11.9. The van der Waals surface area contributed by atoms with E-state index in [4.69, 9.17) is 11.6 Å². The predicted octanol–water partition coefficient (Wildman–Crippen LogP) is 4.86. The van der Waals surface area contributed by atoms with Crippen molar-refractivity contribution < 1.29 is 0 Å². The molecule has 0 saturated heterocycles. The predicted molar refractivity (Wildman–Crippen MR) is 81.4 cm³/mol. The fourth-order valence-electron chi connectivity index (χ4n) is 2.11. The van der Waals surface area contributed by atoms with E-state index in [1.165, 1.54) is 24.8 Å². The molecule has 18 heavy (non-hydrogen) atoms. The summed E-state index contributed by atoms with van der Waals surface area (Å²) in [6.45, 7) is 8.96. The second-order valence-corrected chi connectivity index (χ2v) is 5.86. The van der Waals surface area contributed by atoms with Crippen LogP contribution in [0.4, 0.5) is 0 Å².